The summed E-state index contributed by atoms with van der Waals surface area (Å²) in [5.41, 5.74) is 0.655. The van der Waals surface area contributed by atoms with E-state index in [0.717, 1.165) is 0 Å². The number of aromatic hydroxyl groups is 2. The summed E-state index contributed by atoms with van der Waals surface area (Å²) in [6.45, 7) is 5.71. The van der Waals surface area contributed by atoms with E-state index in [4.69, 9.17) is 21.8 Å². The lowest BCUT2D eigenvalue weighted by Crippen LogP contribution is -1.74. The standard InChI is InChI=1S/C7H7ClO2.C2H6/c1-4-2-5(8)7(10)3-6(4)9;1-2/h2-3,9-10H,1H3;1-2H3. The highest BCUT2D eigenvalue weighted by Gasteiger charge is 2.01. The predicted octanol–water partition coefficient (Wildman–Crippen LogP) is 3.09. The number of aryl methyl sites for hydroxylation is 1. The van der Waals surface area contributed by atoms with E-state index in [9.17, 15) is 0 Å². The minimum Gasteiger partial charge on any atom is -0.508 e. The molecule has 0 fully saturated rings. The van der Waals surface area contributed by atoms with Crippen molar-refractivity contribution in [1.29, 1.82) is 0 Å². The maximum absolute atomic E-state index is 9.01. The summed E-state index contributed by atoms with van der Waals surface area (Å²) in [5, 5.41) is 18.2. The molecule has 1 aromatic carbocycles. The molecule has 1 rings (SSSR count). The molecule has 0 unspecified atom stereocenters. The number of phenolic OH excluding ortho intramolecular Hbond substituents is 2. The van der Waals surface area contributed by atoms with Gasteiger partial charge in [-0.1, -0.05) is 25.4 Å². The first-order valence-corrected chi connectivity index (χ1v) is 4.17. The van der Waals surface area contributed by atoms with Gasteiger partial charge >= 0.3 is 0 Å². The van der Waals surface area contributed by atoms with Crippen molar-refractivity contribution in [2.45, 2.75) is 20.8 Å². The monoisotopic (exact) mass is 188 g/mol. The summed E-state index contributed by atoms with van der Waals surface area (Å²) in [7, 11) is 0. The van der Waals surface area contributed by atoms with Gasteiger partial charge in [0.25, 0.3) is 0 Å². The summed E-state index contributed by atoms with van der Waals surface area (Å²) in [5.74, 6) is -0.0355. The Kier molecular flexibility index (Phi) is 4.52. The Bertz CT molecular complexity index is 209. The van der Waals surface area contributed by atoms with E-state index in [1.165, 1.54) is 12.1 Å². The van der Waals surface area contributed by atoms with Gasteiger partial charge in [-0.2, -0.15) is 0 Å². The SMILES string of the molecule is CC.Cc1cc(Cl)c(O)cc1O. The van der Waals surface area contributed by atoms with Crippen molar-refractivity contribution in [3.63, 3.8) is 0 Å². The molecule has 0 aliphatic rings. The Morgan fingerprint density at radius 1 is 1.08 bits per heavy atom. The quantitative estimate of drug-likeness (QED) is 0.657. The van der Waals surface area contributed by atoms with Gasteiger partial charge in [-0.3, -0.25) is 0 Å². The average molecular weight is 189 g/mol. The second-order valence-electron chi connectivity index (χ2n) is 2.09. The van der Waals surface area contributed by atoms with E-state index < -0.39 is 0 Å². The van der Waals surface area contributed by atoms with Crippen LogP contribution in [0.3, 0.4) is 0 Å². The molecule has 0 saturated carbocycles. The van der Waals surface area contributed by atoms with Gasteiger partial charge in [0.05, 0.1) is 5.02 Å². The second-order valence-corrected chi connectivity index (χ2v) is 2.50. The molecule has 0 aromatic heterocycles. The highest BCUT2D eigenvalue weighted by molar-refractivity contribution is 6.32. The highest BCUT2D eigenvalue weighted by atomic mass is 35.5. The van der Waals surface area contributed by atoms with E-state index in [0.29, 0.717) is 5.56 Å². The predicted molar refractivity (Wildman–Crippen MR) is 50.9 cm³/mol. The zero-order valence-corrected chi connectivity index (χ0v) is 8.18. The van der Waals surface area contributed by atoms with Gasteiger partial charge in [-0.15, -0.1) is 0 Å². The van der Waals surface area contributed by atoms with Crippen molar-refractivity contribution in [2.24, 2.45) is 0 Å². The molecule has 0 heterocycles. The first-order valence-electron chi connectivity index (χ1n) is 3.79. The van der Waals surface area contributed by atoms with Crippen LogP contribution in [-0.4, -0.2) is 10.2 Å². The van der Waals surface area contributed by atoms with Crippen LogP contribution < -0.4 is 0 Å². The van der Waals surface area contributed by atoms with Crippen molar-refractivity contribution >= 4 is 11.6 Å². The molecule has 68 valence electrons. The summed E-state index contributed by atoms with van der Waals surface area (Å²) in [4.78, 5) is 0. The fourth-order valence-corrected chi connectivity index (χ4v) is 0.868. The van der Waals surface area contributed by atoms with Gasteiger partial charge in [0.1, 0.15) is 11.5 Å². The zero-order chi connectivity index (χ0) is 9.72. The Balaban J connectivity index is 0.000000561. The Morgan fingerprint density at radius 2 is 1.58 bits per heavy atom. The van der Waals surface area contributed by atoms with Crippen molar-refractivity contribution in [1.82, 2.24) is 0 Å². The molecule has 0 saturated heterocycles. The molecule has 12 heavy (non-hydrogen) atoms. The fourth-order valence-electron chi connectivity index (χ4n) is 0.650. The summed E-state index contributed by atoms with van der Waals surface area (Å²) < 4.78 is 0. The fraction of sp³-hybridized carbons (Fsp3) is 0.333. The van der Waals surface area contributed by atoms with Gasteiger partial charge in [-0.05, 0) is 18.6 Å². The van der Waals surface area contributed by atoms with Crippen LogP contribution >= 0.6 is 11.6 Å². The molecule has 1 aromatic rings. The van der Waals surface area contributed by atoms with E-state index in [1.54, 1.807) is 6.92 Å². The molecule has 3 heteroatoms. The van der Waals surface area contributed by atoms with Crippen molar-refractivity contribution in [3.8, 4) is 11.5 Å². The lowest BCUT2D eigenvalue weighted by atomic mass is 10.2. The minimum absolute atomic E-state index is 0.0573. The molecule has 0 bridgehead atoms. The third-order valence-corrected chi connectivity index (χ3v) is 1.57. The van der Waals surface area contributed by atoms with Crippen molar-refractivity contribution in [2.75, 3.05) is 0 Å². The maximum Gasteiger partial charge on any atom is 0.137 e. The summed E-state index contributed by atoms with van der Waals surface area (Å²) >= 11 is 5.52. The molecule has 0 radical (unpaired) electrons. The van der Waals surface area contributed by atoms with Gasteiger partial charge in [0, 0.05) is 6.07 Å². The number of halogens is 1. The number of rotatable bonds is 0. The Hall–Kier alpha value is -0.890. The Labute approximate surface area is 77.4 Å². The van der Waals surface area contributed by atoms with Crippen LogP contribution in [0.2, 0.25) is 5.02 Å². The van der Waals surface area contributed by atoms with Crippen LogP contribution in [0.1, 0.15) is 19.4 Å². The average Bonchev–Trinajstić information content (AvgIpc) is 2.05. The van der Waals surface area contributed by atoms with E-state index >= 15 is 0 Å². The molecule has 2 N–H and O–H groups in total. The lowest BCUT2D eigenvalue weighted by Gasteiger charge is -2.00. The van der Waals surface area contributed by atoms with Crippen LogP contribution in [0.4, 0.5) is 0 Å². The molecule has 0 amide bonds. The van der Waals surface area contributed by atoms with E-state index in [2.05, 4.69) is 0 Å². The van der Waals surface area contributed by atoms with Gasteiger partial charge in [0.2, 0.25) is 0 Å². The number of hydrogen-bond donors (Lipinski definition) is 2. The molecular formula is C9H13ClO2. The number of benzene rings is 1. The first kappa shape index (κ1) is 11.1. The third-order valence-electron chi connectivity index (χ3n) is 1.27. The molecular weight excluding hydrogens is 176 g/mol. The second kappa shape index (κ2) is 4.88. The van der Waals surface area contributed by atoms with Gasteiger partial charge in [0.15, 0.2) is 0 Å². The normalized spacial score (nSPS) is 8.67. The third kappa shape index (κ3) is 2.62. The highest BCUT2D eigenvalue weighted by Crippen LogP contribution is 2.29. The smallest absolute Gasteiger partial charge is 0.137 e. The number of hydrogen-bond acceptors (Lipinski definition) is 2. The summed E-state index contributed by atoms with van der Waals surface area (Å²) in [6, 6.07) is 2.73. The van der Waals surface area contributed by atoms with Crippen molar-refractivity contribution in [3.05, 3.63) is 22.7 Å². The van der Waals surface area contributed by atoms with Crippen LogP contribution in [0.5, 0.6) is 11.5 Å². The van der Waals surface area contributed by atoms with Crippen LogP contribution in [0.25, 0.3) is 0 Å². The first-order chi connectivity index (χ1) is 5.61. The molecule has 2 nitrogen and oxygen atoms in total. The molecule has 0 spiro atoms. The molecule has 0 aliphatic carbocycles. The van der Waals surface area contributed by atoms with Crippen molar-refractivity contribution < 1.29 is 10.2 Å². The van der Waals surface area contributed by atoms with Crippen LogP contribution in [-0.2, 0) is 0 Å². The topological polar surface area (TPSA) is 40.5 Å². The van der Waals surface area contributed by atoms with Crippen LogP contribution in [0, 0.1) is 6.92 Å². The zero-order valence-electron chi connectivity index (χ0n) is 7.43. The molecule has 0 aliphatic heterocycles. The number of phenols is 2. The minimum atomic E-state index is -0.0928. The molecule has 0 atom stereocenters. The van der Waals surface area contributed by atoms with E-state index in [-0.39, 0.29) is 16.5 Å². The van der Waals surface area contributed by atoms with Gasteiger partial charge in [-0.25, -0.2) is 0 Å². The summed E-state index contributed by atoms with van der Waals surface area (Å²) in [6.07, 6.45) is 0. The lowest BCUT2D eigenvalue weighted by molar-refractivity contribution is 0.448. The van der Waals surface area contributed by atoms with E-state index in [1.807, 2.05) is 13.8 Å². The Morgan fingerprint density at radius 3 is 2.00 bits per heavy atom. The van der Waals surface area contributed by atoms with Crippen LogP contribution in [0.15, 0.2) is 12.1 Å². The maximum atomic E-state index is 9.01. The van der Waals surface area contributed by atoms with Gasteiger partial charge < -0.3 is 10.2 Å². The largest absolute Gasteiger partial charge is 0.508 e.